The summed E-state index contributed by atoms with van der Waals surface area (Å²) in [5, 5.41) is 10.8. The van der Waals surface area contributed by atoms with E-state index in [2.05, 4.69) is 30.2 Å². The fraction of sp³-hybridized carbons (Fsp3) is 0.275. The van der Waals surface area contributed by atoms with E-state index in [0.29, 0.717) is 16.3 Å². The first-order valence-corrected chi connectivity index (χ1v) is 21.2. The van der Waals surface area contributed by atoms with Crippen molar-refractivity contribution >= 4 is 55.2 Å². The van der Waals surface area contributed by atoms with Crippen molar-refractivity contribution in [1.82, 2.24) is 44.4 Å². The summed E-state index contributed by atoms with van der Waals surface area (Å²) < 4.78 is 124. The topological polar surface area (TPSA) is 181 Å². The standard InChI is InChI=1S/C40H31ClF6N10O5S/c1-55-33-27(7-6-24(41)31(33)37(53-55)54-63(3,60)61)57-38(50-25-13-18(4-5-21(25)39(57)59)36-48-9-8-29(51-36)62-2)26(12-17-10-19(42)14-20(43)11-17)49-28(58)16-56-34-30(32(52-56)35(44)45)22-15-23(22)40(34,46)47/h4-11,13-14,22-23,26,35H,12,15-16H2,1-3H3,(H,49,58)(H,53,54)/t22-,23+,26-/m0/s1. The average molecular weight is 913 g/mol. The highest BCUT2D eigenvalue weighted by Gasteiger charge is 2.67. The molecule has 3 atom stereocenters. The van der Waals surface area contributed by atoms with Crippen molar-refractivity contribution in [3.8, 4) is 23.0 Å². The van der Waals surface area contributed by atoms with Crippen LogP contribution in [-0.2, 0) is 40.8 Å². The van der Waals surface area contributed by atoms with Gasteiger partial charge in [-0.25, -0.2) is 35.9 Å². The molecule has 63 heavy (non-hydrogen) atoms. The van der Waals surface area contributed by atoms with Crippen LogP contribution in [0.2, 0.25) is 5.02 Å². The van der Waals surface area contributed by atoms with E-state index in [1.807, 2.05) is 0 Å². The van der Waals surface area contributed by atoms with Gasteiger partial charge >= 0.3 is 0 Å². The summed E-state index contributed by atoms with van der Waals surface area (Å²) in [5.41, 5.74) is -2.32. The Labute approximate surface area is 356 Å². The molecule has 0 saturated heterocycles. The molecule has 2 N–H and O–H groups in total. The summed E-state index contributed by atoms with van der Waals surface area (Å²) in [4.78, 5) is 42.6. The number of benzene rings is 3. The Morgan fingerprint density at radius 1 is 1.05 bits per heavy atom. The number of hydrogen-bond acceptors (Lipinski definition) is 10. The third kappa shape index (κ3) is 7.39. The minimum Gasteiger partial charge on any atom is -0.481 e. The number of nitrogens with one attached hydrogen (secondary N) is 2. The number of carbonyl (C=O) groups is 1. The Hall–Kier alpha value is -6.55. The van der Waals surface area contributed by atoms with Crippen molar-refractivity contribution in [2.75, 3.05) is 18.1 Å². The maximum absolute atomic E-state index is 15.5. The smallest absolute Gasteiger partial charge is 0.293 e. The van der Waals surface area contributed by atoms with Crippen molar-refractivity contribution in [2.24, 2.45) is 13.0 Å². The van der Waals surface area contributed by atoms with Crippen LogP contribution in [0.15, 0.2) is 65.6 Å². The number of rotatable bonds is 12. The summed E-state index contributed by atoms with van der Waals surface area (Å²) >= 11 is 6.63. The number of anilines is 1. The molecule has 9 rings (SSSR count). The van der Waals surface area contributed by atoms with Crippen molar-refractivity contribution in [3.05, 3.63) is 116 Å². The maximum atomic E-state index is 15.5. The van der Waals surface area contributed by atoms with Gasteiger partial charge in [0.15, 0.2) is 11.6 Å². The van der Waals surface area contributed by atoms with Crippen LogP contribution in [0.1, 0.15) is 53.1 Å². The molecule has 0 bridgehead atoms. The highest BCUT2D eigenvalue weighted by Crippen LogP contribution is 2.68. The lowest BCUT2D eigenvalue weighted by Crippen LogP contribution is -2.38. The van der Waals surface area contributed by atoms with Crippen LogP contribution < -0.4 is 20.3 Å². The van der Waals surface area contributed by atoms with Gasteiger partial charge in [0.05, 0.1) is 51.9 Å². The molecule has 0 aliphatic heterocycles. The van der Waals surface area contributed by atoms with Gasteiger partial charge in [-0.15, -0.1) is 0 Å². The van der Waals surface area contributed by atoms with Crippen LogP contribution in [0.5, 0.6) is 5.88 Å². The number of ether oxygens (including phenoxy) is 1. The third-order valence-electron chi connectivity index (χ3n) is 10.9. The summed E-state index contributed by atoms with van der Waals surface area (Å²) in [6, 6.07) is 9.74. The fourth-order valence-corrected chi connectivity index (χ4v) is 9.05. The van der Waals surface area contributed by atoms with Crippen molar-refractivity contribution in [2.45, 2.75) is 43.7 Å². The van der Waals surface area contributed by atoms with Gasteiger partial charge in [-0.2, -0.15) is 24.0 Å². The van der Waals surface area contributed by atoms with Crippen LogP contribution in [0, 0.1) is 17.6 Å². The van der Waals surface area contributed by atoms with Gasteiger partial charge in [0.1, 0.15) is 35.4 Å². The zero-order valence-corrected chi connectivity index (χ0v) is 34.4. The first-order chi connectivity index (χ1) is 29.8. The molecule has 7 aromatic rings. The number of fused-ring (bicyclic) bond motifs is 5. The minimum absolute atomic E-state index is 0.000505. The lowest BCUT2D eigenvalue weighted by molar-refractivity contribution is -0.123. The van der Waals surface area contributed by atoms with Crippen LogP contribution in [0.4, 0.5) is 32.2 Å². The van der Waals surface area contributed by atoms with Crippen molar-refractivity contribution < 1.29 is 44.3 Å². The van der Waals surface area contributed by atoms with Crippen LogP contribution in [0.25, 0.3) is 38.9 Å². The lowest BCUT2D eigenvalue weighted by Gasteiger charge is -2.24. The average Bonchev–Trinajstić information content (AvgIpc) is 3.75. The summed E-state index contributed by atoms with van der Waals surface area (Å²) in [6.07, 6.45) is -1.38. The molecular weight excluding hydrogens is 882 g/mol. The molecule has 3 aromatic carbocycles. The Morgan fingerprint density at radius 3 is 2.49 bits per heavy atom. The predicted molar refractivity (Wildman–Crippen MR) is 216 cm³/mol. The van der Waals surface area contributed by atoms with Gasteiger partial charge in [-0.3, -0.25) is 28.2 Å². The first-order valence-electron chi connectivity index (χ1n) is 18.9. The minimum atomic E-state index is -3.92. The number of amides is 1. The zero-order chi connectivity index (χ0) is 44.9. The van der Waals surface area contributed by atoms with Crippen molar-refractivity contribution in [3.63, 3.8) is 0 Å². The van der Waals surface area contributed by atoms with Crippen molar-refractivity contribution in [1.29, 1.82) is 0 Å². The van der Waals surface area contributed by atoms with Crippen LogP contribution >= 0.6 is 11.6 Å². The van der Waals surface area contributed by atoms with Crippen LogP contribution in [0.3, 0.4) is 0 Å². The fourth-order valence-electron chi connectivity index (χ4n) is 8.31. The lowest BCUT2D eigenvalue weighted by atomic mass is 10.0. The second kappa shape index (κ2) is 15.1. The summed E-state index contributed by atoms with van der Waals surface area (Å²) in [6.45, 7) is -0.999. The van der Waals surface area contributed by atoms with E-state index < -0.39 is 87.7 Å². The quantitative estimate of drug-likeness (QED) is 0.129. The molecule has 1 fully saturated rings. The van der Waals surface area contributed by atoms with Gasteiger partial charge in [0, 0.05) is 48.8 Å². The number of nitrogens with zero attached hydrogens (tertiary/aromatic N) is 8. The molecular formula is C40H31ClF6N10O5S. The molecule has 1 saturated carbocycles. The molecule has 1 amide bonds. The van der Waals surface area contributed by atoms with E-state index in [4.69, 9.17) is 21.3 Å². The monoisotopic (exact) mass is 912 g/mol. The zero-order valence-electron chi connectivity index (χ0n) is 32.9. The second-order valence-electron chi connectivity index (χ2n) is 15.2. The number of sulfonamides is 1. The Balaban J connectivity index is 1.26. The van der Waals surface area contributed by atoms with Gasteiger partial charge < -0.3 is 10.1 Å². The first kappa shape index (κ1) is 41.8. The number of carbonyl (C=O) groups excluding carboxylic acids is 1. The number of methoxy groups -OCH3 is 1. The Morgan fingerprint density at radius 2 is 1.79 bits per heavy atom. The molecule has 2 aliphatic carbocycles. The number of hydrogen-bond donors (Lipinski definition) is 2. The molecule has 23 heteroatoms. The molecule has 326 valence electrons. The number of halogens is 7. The molecule has 4 heterocycles. The molecule has 0 radical (unpaired) electrons. The number of alkyl halides is 4. The largest absolute Gasteiger partial charge is 0.481 e. The maximum Gasteiger partial charge on any atom is 0.293 e. The highest BCUT2D eigenvalue weighted by atomic mass is 35.5. The Bertz CT molecular complexity index is 3210. The van der Waals surface area contributed by atoms with E-state index in [9.17, 15) is 30.8 Å². The SMILES string of the molecule is COc1ccnc(-c2ccc3c(=O)n(-c4ccc(Cl)c5c(NS(C)(=O)=O)nn(C)c45)c([C@H](Cc4cc(F)cc(F)c4)NC(=O)Cn4nc(C(F)F)c5c4C(F)(F)[C@@H]4C[C@H]54)nc3c2)n1. The molecule has 0 unspecified atom stereocenters. The van der Waals surface area contributed by atoms with E-state index >= 15 is 13.6 Å². The molecule has 2 aliphatic rings. The van der Waals surface area contributed by atoms with E-state index in [-0.39, 0.29) is 73.4 Å². The van der Waals surface area contributed by atoms with Gasteiger partial charge in [0.2, 0.25) is 21.8 Å². The summed E-state index contributed by atoms with van der Waals surface area (Å²) in [7, 11) is -1.07. The van der Waals surface area contributed by atoms with E-state index in [1.54, 1.807) is 6.07 Å². The second-order valence-corrected chi connectivity index (χ2v) is 17.3. The molecule has 15 nitrogen and oxygen atoms in total. The Kier molecular flexibility index (Phi) is 9.99. The number of aryl methyl sites for hydroxylation is 1. The predicted octanol–water partition coefficient (Wildman–Crippen LogP) is 6.48. The third-order valence-corrected chi connectivity index (χ3v) is 11.8. The van der Waals surface area contributed by atoms with Gasteiger partial charge in [0.25, 0.3) is 17.9 Å². The van der Waals surface area contributed by atoms with Crippen LogP contribution in [-0.4, -0.2) is 66.8 Å². The van der Waals surface area contributed by atoms with E-state index in [0.717, 1.165) is 23.0 Å². The summed E-state index contributed by atoms with van der Waals surface area (Å²) in [5.74, 6) is -8.76. The molecule has 4 aromatic heterocycles. The number of aromatic nitrogens is 8. The van der Waals surface area contributed by atoms with E-state index in [1.165, 1.54) is 55.4 Å². The molecule has 0 spiro atoms. The van der Waals surface area contributed by atoms with Gasteiger partial charge in [-0.1, -0.05) is 17.7 Å². The highest BCUT2D eigenvalue weighted by molar-refractivity contribution is 7.92. The van der Waals surface area contributed by atoms with Gasteiger partial charge in [-0.05, 0) is 54.3 Å². The normalized spacial score (nSPS) is 16.9.